The topological polar surface area (TPSA) is 82.0 Å². The molecule has 5 nitrogen and oxygen atoms in total. The van der Waals surface area contributed by atoms with Crippen LogP contribution in [0.3, 0.4) is 0 Å². The third kappa shape index (κ3) is 2.50. The van der Waals surface area contributed by atoms with E-state index < -0.39 is 4.92 Å². The van der Waals surface area contributed by atoms with Gasteiger partial charge in [0.25, 0.3) is 5.69 Å². The third-order valence-corrected chi connectivity index (χ3v) is 1.96. The van der Waals surface area contributed by atoms with Crippen LogP contribution in [0.5, 0.6) is 0 Å². The van der Waals surface area contributed by atoms with Crippen molar-refractivity contribution in [2.75, 3.05) is 0 Å². The second-order valence-electron chi connectivity index (χ2n) is 3.09. The summed E-state index contributed by atoms with van der Waals surface area (Å²) in [5, 5.41) is 10.3. The highest BCUT2D eigenvalue weighted by molar-refractivity contribution is 5.27. The Labute approximate surface area is 82.1 Å². The van der Waals surface area contributed by atoms with Crippen LogP contribution in [-0.2, 0) is 0 Å². The molecule has 1 aromatic rings. The van der Waals surface area contributed by atoms with Gasteiger partial charge in [-0.3, -0.25) is 15.1 Å². The molecule has 0 aliphatic carbocycles. The van der Waals surface area contributed by atoms with Crippen LogP contribution in [0, 0.1) is 10.1 Å². The number of pyridine rings is 1. The maximum atomic E-state index is 10.3. The van der Waals surface area contributed by atoms with Crippen molar-refractivity contribution in [2.45, 2.75) is 25.8 Å². The number of nitro groups is 1. The van der Waals surface area contributed by atoms with Gasteiger partial charge in [-0.1, -0.05) is 13.3 Å². The highest BCUT2D eigenvalue weighted by Crippen LogP contribution is 2.16. The van der Waals surface area contributed by atoms with E-state index in [1.54, 1.807) is 6.07 Å². The van der Waals surface area contributed by atoms with Crippen molar-refractivity contribution < 1.29 is 4.92 Å². The molecule has 1 atom stereocenters. The van der Waals surface area contributed by atoms with Gasteiger partial charge in [-0.2, -0.15) is 0 Å². The zero-order chi connectivity index (χ0) is 10.6. The normalized spacial score (nSPS) is 12.4. The smallest absolute Gasteiger partial charge is 0.287 e. The van der Waals surface area contributed by atoms with Gasteiger partial charge in [0.05, 0.1) is 10.6 Å². The zero-order valence-electron chi connectivity index (χ0n) is 8.01. The Balaban J connectivity index is 2.77. The van der Waals surface area contributed by atoms with Gasteiger partial charge in [-0.15, -0.1) is 0 Å². The summed E-state index contributed by atoms with van der Waals surface area (Å²) in [6.07, 6.45) is 3.05. The van der Waals surface area contributed by atoms with E-state index in [2.05, 4.69) is 4.98 Å². The molecule has 0 radical (unpaired) electrons. The van der Waals surface area contributed by atoms with Crippen molar-refractivity contribution in [1.29, 1.82) is 0 Å². The van der Waals surface area contributed by atoms with Gasteiger partial charge >= 0.3 is 0 Å². The van der Waals surface area contributed by atoms with Crippen molar-refractivity contribution in [3.63, 3.8) is 0 Å². The van der Waals surface area contributed by atoms with Crippen molar-refractivity contribution in [3.05, 3.63) is 34.1 Å². The molecule has 1 unspecified atom stereocenters. The van der Waals surface area contributed by atoms with Gasteiger partial charge in [-0.25, -0.2) is 0 Å². The van der Waals surface area contributed by atoms with Gasteiger partial charge in [0, 0.05) is 12.1 Å². The molecule has 0 spiro atoms. The lowest BCUT2D eigenvalue weighted by molar-refractivity contribution is -0.385. The van der Waals surface area contributed by atoms with E-state index in [1.165, 1.54) is 12.3 Å². The van der Waals surface area contributed by atoms with E-state index in [0.29, 0.717) is 5.69 Å². The van der Waals surface area contributed by atoms with Crippen molar-refractivity contribution in [2.24, 2.45) is 5.73 Å². The SMILES string of the molecule is CCCC(N)c1ccc([N+](=O)[O-])cn1. The molecule has 1 rings (SSSR count). The van der Waals surface area contributed by atoms with Crippen LogP contribution in [0.25, 0.3) is 0 Å². The van der Waals surface area contributed by atoms with Crippen LogP contribution in [0.4, 0.5) is 5.69 Å². The average molecular weight is 195 g/mol. The third-order valence-electron chi connectivity index (χ3n) is 1.96. The number of hydrogen-bond acceptors (Lipinski definition) is 4. The quantitative estimate of drug-likeness (QED) is 0.586. The summed E-state index contributed by atoms with van der Waals surface area (Å²) < 4.78 is 0. The molecular formula is C9H13N3O2. The lowest BCUT2D eigenvalue weighted by atomic mass is 10.1. The first-order chi connectivity index (χ1) is 6.65. The van der Waals surface area contributed by atoms with Crippen LogP contribution < -0.4 is 5.73 Å². The molecule has 0 saturated heterocycles. The molecule has 14 heavy (non-hydrogen) atoms. The molecule has 5 heteroatoms. The second-order valence-corrected chi connectivity index (χ2v) is 3.09. The average Bonchev–Trinajstić information content (AvgIpc) is 2.18. The molecular weight excluding hydrogens is 182 g/mol. The lowest BCUT2D eigenvalue weighted by Gasteiger charge is -2.08. The predicted octanol–water partition coefficient (Wildman–Crippen LogP) is 1.79. The Morgan fingerprint density at radius 3 is 2.79 bits per heavy atom. The van der Waals surface area contributed by atoms with Crippen LogP contribution in [0.2, 0.25) is 0 Å². The summed E-state index contributed by atoms with van der Waals surface area (Å²) in [7, 11) is 0. The largest absolute Gasteiger partial charge is 0.323 e. The highest BCUT2D eigenvalue weighted by Gasteiger charge is 2.09. The van der Waals surface area contributed by atoms with Gasteiger partial charge < -0.3 is 5.73 Å². The van der Waals surface area contributed by atoms with Crippen molar-refractivity contribution in [3.8, 4) is 0 Å². The molecule has 2 N–H and O–H groups in total. The summed E-state index contributed by atoms with van der Waals surface area (Å²) in [5.74, 6) is 0. The first kappa shape index (κ1) is 10.6. The Morgan fingerprint density at radius 2 is 2.36 bits per heavy atom. The fourth-order valence-electron chi connectivity index (χ4n) is 1.18. The van der Waals surface area contributed by atoms with Crippen LogP contribution in [-0.4, -0.2) is 9.91 Å². The Morgan fingerprint density at radius 1 is 1.64 bits per heavy atom. The Kier molecular flexibility index (Phi) is 3.53. The molecule has 0 saturated carbocycles. The van der Waals surface area contributed by atoms with E-state index in [4.69, 9.17) is 5.73 Å². The summed E-state index contributed by atoms with van der Waals surface area (Å²) >= 11 is 0. The maximum Gasteiger partial charge on any atom is 0.287 e. The van der Waals surface area contributed by atoms with Crippen LogP contribution >= 0.6 is 0 Å². The van der Waals surface area contributed by atoms with E-state index in [0.717, 1.165) is 12.8 Å². The van der Waals surface area contributed by atoms with Crippen LogP contribution in [0.1, 0.15) is 31.5 Å². The molecule has 0 aliphatic heterocycles. The minimum Gasteiger partial charge on any atom is -0.323 e. The Hall–Kier alpha value is -1.49. The van der Waals surface area contributed by atoms with Gasteiger partial charge in [0.1, 0.15) is 6.20 Å². The monoisotopic (exact) mass is 195 g/mol. The van der Waals surface area contributed by atoms with E-state index >= 15 is 0 Å². The van der Waals surface area contributed by atoms with Crippen molar-refractivity contribution >= 4 is 5.69 Å². The minimum atomic E-state index is -0.470. The predicted molar refractivity (Wildman–Crippen MR) is 52.7 cm³/mol. The lowest BCUT2D eigenvalue weighted by Crippen LogP contribution is -2.11. The second kappa shape index (κ2) is 4.66. The Bertz CT molecular complexity index is 310. The number of hydrogen-bond donors (Lipinski definition) is 1. The molecule has 1 heterocycles. The van der Waals surface area contributed by atoms with Gasteiger partial charge in [0.2, 0.25) is 0 Å². The molecule has 0 bridgehead atoms. The van der Waals surface area contributed by atoms with E-state index in [9.17, 15) is 10.1 Å². The first-order valence-corrected chi connectivity index (χ1v) is 4.51. The van der Waals surface area contributed by atoms with Crippen molar-refractivity contribution in [1.82, 2.24) is 4.98 Å². The van der Waals surface area contributed by atoms with Gasteiger partial charge in [0.15, 0.2) is 0 Å². The van der Waals surface area contributed by atoms with E-state index in [-0.39, 0.29) is 11.7 Å². The number of aromatic nitrogens is 1. The highest BCUT2D eigenvalue weighted by atomic mass is 16.6. The van der Waals surface area contributed by atoms with Gasteiger partial charge in [-0.05, 0) is 12.5 Å². The number of rotatable bonds is 4. The summed E-state index contributed by atoms with van der Waals surface area (Å²) in [6.45, 7) is 2.03. The number of nitrogens with two attached hydrogens (primary N) is 1. The summed E-state index contributed by atoms with van der Waals surface area (Å²) in [6, 6.07) is 2.91. The van der Waals surface area contributed by atoms with E-state index in [1.807, 2.05) is 6.92 Å². The number of nitrogens with zero attached hydrogens (tertiary/aromatic N) is 2. The summed E-state index contributed by atoms with van der Waals surface area (Å²) in [5.41, 5.74) is 6.50. The molecule has 0 fully saturated rings. The molecule has 0 aliphatic rings. The fraction of sp³-hybridized carbons (Fsp3) is 0.444. The standard InChI is InChI=1S/C9H13N3O2/c1-2-3-8(10)9-5-4-7(6-11-9)12(13)14/h4-6,8H,2-3,10H2,1H3. The fourth-order valence-corrected chi connectivity index (χ4v) is 1.18. The zero-order valence-corrected chi connectivity index (χ0v) is 8.01. The van der Waals surface area contributed by atoms with Crippen LogP contribution in [0.15, 0.2) is 18.3 Å². The minimum absolute atomic E-state index is 0.00236. The summed E-state index contributed by atoms with van der Waals surface area (Å²) in [4.78, 5) is 13.8. The maximum absolute atomic E-state index is 10.3. The molecule has 1 aromatic heterocycles. The first-order valence-electron chi connectivity index (χ1n) is 4.51. The molecule has 0 aromatic carbocycles. The molecule has 76 valence electrons. The molecule has 0 amide bonds.